The quantitative estimate of drug-likeness (QED) is 0.755. The topological polar surface area (TPSA) is 79.5 Å². The predicted molar refractivity (Wildman–Crippen MR) is 96.9 cm³/mol. The minimum atomic E-state index is -0.243. The minimum absolute atomic E-state index is 0.0626. The lowest BCUT2D eigenvalue weighted by Crippen LogP contribution is -2.30. The molecule has 1 aliphatic carbocycles. The molecular weight excluding hydrogens is 318 g/mol. The smallest absolute Gasteiger partial charge is 0.319 e. The molecule has 6 nitrogen and oxygen atoms in total. The van der Waals surface area contributed by atoms with Gasteiger partial charge >= 0.3 is 6.03 Å². The van der Waals surface area contributed by atoms with Crippen molar-refractivity contribution in [1.82, 2.24) is 5.32 Å². The van der Waals surface area contributed by atoms with Crippen LogP contribution in [0, 0.1) is 6.92 Å². The van der Waals surface area contributed by atoms with Crippen LogP contribution in [-0.4, -0.2) is 24.6 Å². The van der Waals surface area contributed by atoms with Crippen molar-refractivity contribution in [2.24, 2.45) is 0 Å². The number of urea groups is 1. The fourth-order valence-corrected chi connectivity index (χ4v) is 2.20. The maximum Gasteiger partial charge on any atom is 0.319 e. The summed E-state index contributed by atoms with van der Waals surface area (Å²) in [5.41, 5.74) is 2.45. The van der Waals surface area contributed by atoms with Crippen LogP contribution >= 0.6 is 0 Å². The Kier molecular flexibility index (Phi) is 5.18. The summed E-state index contributed by atoms with van der Waals surface area (Å²) in [6, 6.07) is 14.6. The highest BCUT2D eigenvalue weighted by Gasteiger charge is 2.23. The van der Waals surface area contributed by atoms with Crippen molar-refractivity contribution in [1.29, 1.82) is 0 Å². The summed E-state index contributed by atoms with van der Waals surface area (Å²) in [7, 11) is 0. The zero-order valence-corrected chi connectivity index (χ0v) is 14.0. The van der Waals surface area contributed by atoms with E-state index < -0.39 is 0 Å². The molecule has 2 aromatic carbocycles. The Morgan fingerprint density at radius 3 is 2.16 bits per heavy atom. The van der Waals surface area contributed by atoms with Crippen molar-refractivity contribution >= 4 is 23.3 Å². The van der Waals surface area contributed by atoms with E-state index in [-0.39, 0.29) is 18.5 Å². The maximum atomic E-state index is 11.9. The van der Waals surface area contributed by atoms with Crippen LogP contribution < -0.4 is 20.7 Å². The van der Waals surface area contributed by atoms with Crippen LogP contribution in [0.15, 0.2) is 48.5 Å². The summed E-state index contributed by atoms with van der Waals surface area (Å²) in [4.78, 5) is 23.6. The van der Waals surface area contributed by atoms with Gasteiger partial charge in [0.1, 0.15) is 5.75 Å². The largest absolute Gasteiger partial charge is 0.484 e. The number of nitrogens with one attached hydrogen (secondary N) is 3. The third-order valence-electron chi connectivity index (χ3n) is 3.73. The van der Waals surface area contributed by atoms with Crippen molar-refractivity contribution in [3.63, 3.8) is 0 Å². The molecule has 0 saturated heterocycles. The van der Waals surface area contributed by atoms with Crippen molar-refractivity contribution in [2.75, 3.05) is 17.2 Å². The number of carbonyl (C=O) groups is 2. The molecule has 0 spiro atoms. The number of ether oxygens (including phenoxy) is 1. The van der Waals surface area contributed by atoms with Crippen LogP contribution in [0.4, 0.5) is 16.2 Å². The van der Waals surface area contributed by atoms with E-state index in [1.165, 1.54) is 0 Å². The number of amides is 3. The fourth-order valence-electron chi connectivity index (χ4n) is 2.20. The molecule has 0 atom stereocenters. The van der Waals surface area contributed by atoms with Gasteiger partial charge in [-0.3, -0.25) is 4.79 Å². The van der Waals surface area contributed by atoms with E-state index >= 15 is 0 Å². The molecule has 0 aliphatic heterocycles. The van der Waals surface area contributed by atoms with Gasteiger partial charge in [0.2, 0.25) is 0 Å². The Bertz CT molecular complexity index is 738. The van der Waals surface area contributed by atoms with Gasteiger partial charge < -0.3 is 20.7 Å². The summed E-state index contributed by atoms with van der Waals surface area (Å²) < 4.78 is 5.44. The molecule has 3 amide bonds. The first-order valence-corrected chi connectivity index (χ1v) is 8.25. The molecule has 0 aromatic heterocycles. The van der Waals surface area contributed by atoms with Gasteiger partial charge in [-0.25, -0.2) is 4.79 Å². The molecule has 0 radical (unpaired) electrons. The van der Waals surface area contributed by atoms with Crippen LogP contribution in [-0.2, 0) is 4.79 Å². The summed E-state index contributed by atoms with van der Waals surface area (Å²) in [6.45, 7) is 1.93. The van der Waals surface area contributed by atoms with E-state index in [9.17, 15) is 9.59 Å². The fraction of sp³-hybridized carbons (Fsp3) is 0.263. The van der Waals surface area contributed by atoms with E-state index in [0.29, 0.717) is 23.2 Å². The molecule has 1 aliphatic rings. The summed E-state index contributed by atoms with van der Waals surface area (Å²) in [6.07, 6.45) is 2.09. The molecule has 130 valence electrons. The monoisotopic (exact) mass is 339 g/mol. The molecule has 3 rings (SSSR count). The molecule has 6 heteroatoms. The van der Waals surface area contributed by atoms with Gasteiger partial charge in [-0.1, -0.05) is 17.7 Å². The highest BCUT2D eigenvalue weighted by Crippen LogP contribution is 2.19. The number of hydrogen-bond acceptors (Lipinski definition) is 3. The standard InChI is InChI=1S/C19H21N3O3/c1-13-2-10-17(11-3-13)25-12-18(23)20-14-4-6-15(7-5-14)21-19(24)22-16-8-9-16/h2-7,10-11,16H,8-9,12H2,1H3,(H,20,23)(H2,21,22,24). The number of aryl methyl sites for hydroxylation is 1. The molecule has 3 N–H and O–H groups in total. The first-order valence-electron chi connectivity index (χ1n) is 8.25. The second kappa shape index (κ2) is 7.70. The summed E-state index contributed by atoms with van der Waals surface area (Å²) >= 11 is 0. The van der Waals surface area contributed by atoms with Crippen LogP contribution in [0.3, 0.4) is 0 Å². The van der Waals surface area contributed by atoms with Crippen LogP contribution in [0.5, 0.6) is 5.75 Å². The Hall–Kier alpha value is -3.02. The van der Waals surface area contributed by atoms with Crippen molar-refractivity contribution in [3.05, 3.63) is 54.1 Å². The molecular formula is C19H21N3O3. The molecule has 1 saturated carbocycles. The molecule has 0 unspecified atom stereocenters. The minimum Gasteiger partial charge on any atom is -0.484 e. The molecule has 0 bridgehead atoms. The molecule has 1 fully saturated rings. The zero-order chi connectivity index (χ0) is 17.6. The van der Waals surface area contributed by atoms with Gasteiger partial charge in [-0.05, 0) is 56.2 Å². The summed E-state index contributed by atoms with van der Waals surface area (Å²) in [5, 5.41) is 8.36. The SMILES string of the molecule is Cc1ccc(OCC(=O)Nc2ccc(NC(=O)NC3CC3)cc2)cc1. The Labute approximate surface area is 146 Å². The van der Waals surface area contributed by atoms with Gasteiger partial charge in [0, 0.05) is 17.4 Å². The molecule has 0 heterocycles. The highest BCUT2D eigenvalue weighted by atomic mass is 16.5. The van der Waals surface area contributed by atoms with E-state index in [1.54, 1.807) is 24.3 Å². The number of rotatable bonds is 6. The number of anilines is 2. The second-order valence-electron chi connectivity index (χ2n) is 6.10. The average Bonchev–Trinajstić information content (AvgIpc) is 3.40. The highest BCUT2D eigenvalue weighted by molar-refractivity contribution is 5.93. The van der Waals surface area contributed by atoms with Crippen molar-refractivity contribution < 1.29 is 14.3 Å². The lowest BCUT2D eigenvalue weighted by molar-refractivity contribution is -0.118. The van der Waals surface area contributed by atoms with Crippen LogP contribution in [0.2, 0.25) is 0 Å². The molecule has 2 aromatic rings. The Morgan fingerprint density at radius 1 is 0.960 bits per heavy atom. The normalized spacial score (nSPS) is 13.0. The average molecular weight is 339 g/mol. The van der Waals surface area contributed by atoms with E-state index in [1.807, 2.05) is 31.2 Å². The van der Waals surface area contributed by atoms with Crippen LogP contribution in [0.25, 0.3) is 0 Å². The van der Waals surface area contributed by atoms with Gasteiger partial charge in [-0.2, -0.15) is 0 Å². The van der Waals surface area contributed by atoms with E-state index in [2.05, 4.69) is 16.0 Å². The first-order chi connectivity index (χ1) is 12.1. The lowest BCUT2D eigenvalue weighted by atomic mass is 10.2. The third-order valence-corrected chi connectivity index (χ3v) is 3.73. The van der Waals surface area contributed by atoms with E-state index in [4.69, 9.17) is 4.74 Å². The Balaban J connectivity index is 1.44. The lowest BCUT2D eigenvalue weighted by Gasteiger charge is -2.09. The predicted octanol–water partition coefficient (Wildman–Crippen LogP) is 3.30. The van der Waals surface area contributed by atoms with Gasteiger partial charge in [-0.15, -0.1) is 0 Å². The maximum absolute atomic E-state index is 11.9. The number of benzene rings is 2. The van der Waals surface area contributed by atoms with Gasteiger partial charge in [0.05, 0.1) is 0 Å². The first kappa shape index (κ1) is 16.8. The zero-order valence-electron chi connectivity index (χ0n) is 14.0. The second-order valence-corrected chi connectivity index (χ2v) is 6.10. The Morgan fingerprint density at radius 2 is 1.56 bits per heavy atom. The van der Waals surface area contributed by atoms with Crippen LogP contribution in [0.1, 0.15) is 18.4 Å². The van der Waals surface area contributed by atoms with Gasteiger partial charge in [0.15, 0.2) is 6.61 Å². The van der Waals surface area contributed by atoms with Crippen molar-refractivity contribution in [2.45, 2.75) is 25.8 Å². The number of carbonyl (C=O) groups excluding carboxylic acids is 2. The summed E-state index contributed by atoms with van der Waals surface area (Å²) in [5.74, 6) is 0.412. The molecule has 25 heavy (non-hydrogen) atoms. The van der Waals surface area contributed by atoms with Gasteiger partial charge in [0.25, 0.3) is 5.91 Å². The number of hydrogen-bond donors (Lipinski definition) is 3. The van der Waals surface area contributed by atoms with E-state index in [0.717, 1.165) is 18.4 Å². The third kappa shape index (κ3) is 5.53. The van der Waals surface area contributed by atoms with Crippen molar-refractivity contribution in [3.8, 4) is 5.75 Å².